The minimum atomic E-state index is 0.473. The van der Waals surface area contributed by atoms with E-state index in [1.165, 1.54) is 22.3 Å². The SMILES string of the molecule is C=C1/C(=C/C=C(\C)Nc2cc(C)cc(C3C=CC=CC3)c2)C(C)SC1C/C=C\C. The predicted octanol–water partition coefficient (Wildman–Crippen LogP) is 7.86. The van der Waals surface area contributed by atoms with Crippen molar-refractivity contribution in [2.24, 2.45) is 0 Å². The van der Waals surface area contributed by atoms with Crippen LogP contribution >= 0.6 is 11.8 Å². The van der Waals surface area contributed by atoms with Gasteiger partial charge in [-0.3, -0.25) is 0 Å². The zero-order valence-corrected chi connectivity index (χ0v) is 18.9. The summed E-state index contributed by atoms with van der Waals surface area (Å²) >= 11 is 2.02. The molecule has 1 aromatic carbocycles. The Kier molecular flexibility index (Phi) is 7.44. The van der Waals surface area contributed by atoms with E-state index >= 15 is 0 Å². The molecule has 1 saturated heterocycles. The van der Waals surface area contributed by atoms with Crippen LogP contribution in [0, 0.1) is 6.92 Å². The number of rotatable bonds is 6. The Morgan fingerprint density at radius 2 is 2.10 bits per heavy atom. The van der Waals surface area contributed by atoms with Crippen molar-refractivity contribution in [1.29, 1.82) is 0 Å². The van der Waals surface area contributed by atoms with Crippen molar-refractivity contribution in [3.05, 3.63) is 101 Å². The first-order valence-electron chi connectivity index (χ1n) is 10.5. The van der Waals surface area contributed by atoms with Gasteiger partial charge < -0.3 is 5.32 Å². The number of anilines is 1. The molecule has 1 N–H and O–H groups in total. The van der Waals surface area contributed by atoms with E-state index in [-0.39, 0.29) is 0 Å². The lowest BCUT2D eigenvalue weighted by molar-refractivity contribution is 0.852. The van der Waals surface area contributed by atoms with Crippen LogP contribution in [-0.2, 0) is 0 Å². The van der Waals surface area contributed by atoms with Crippen molar-refractivity contribution in [2.45, 2.75) is 57.0 Å². The van der Waals surface area contributed by atoms with Gasteiger partial charge in [-0.1, -0.05) is 55.2 Å². The van der Waals surface area contributed by atoms with E-state index < -0.39 is 0 Å². The van der Waals surface area contributed by atoms with Crippen LogP contribution in [0.1, 0.15) is 50.7 Å². The van der Waals surface area contributed by atoms with Crippen LogP contribution in [0.3, 0.4) is 0 Å². The summed E-state index contributed by atoms with van der Waals surface area (Å²) < 4.78 is 0. The first-order valence-corrected chi connectivity index (χ1v) is 11.5. The van der Waals surface area contributed by atoms with Crippen molar-refractivity contribution in [2.75, 3.05) is 5.32 Å². The summed E-state index contributed by atoms with van der Waals surface area (Å²) in [5, 5.41) is 4.59. The van der Waals surface area contributed by atoms with Crippen molar-refractivity contribution >= 4 is 17.4 Å². The van der Waals surface area contributed by atoms with E-state index in [2.05, 4.69) is 106 Å². The average molecular weight is 404 g/mol. The molecular weight excluding hydrogens is 370 g/mol. The fourth-order valence-electron chi connectivity index (χ4n) is 3.96. The van der Waals surface area contributed by atoms with Crippen molar-refractivity contribution < 1.29 is 0 Å². The molecule has 152 valence electrons. The minimum Gasteiger partial charge on any atom is -0.359 e. The zero-order valence-electron chi connectivity index (χ0n) is 18.1. The van der Waals surface area contributed by atoms with Gasteiger partial charge >= 0.3 is 0 Å². The Morgan fingerprint density at radius 1 is 1.28 bits per heavy atom. The molecule has 0 aromatic heterocycles. The van der Waals surface area contributed by atoms with Crippen LogP contribution in [0.15, 0.2) is 90.2 Å². The molecule has 1 aromatic rings. The number of nitrogens with one attached hydrogen (secondary N) is 1. The lowest BCUT2D eigenvalue weighted by atomic mass is 9.91. The smallest absolute Gasteiger partial charge is 0.0387 e. The van der Waals surface area contributed by atoms with E-state index in [4.69, 9.17) is 0 Å². The van der Waals surface area contributed by atoms with Crippen molar-refractivity contribution in [3.63, 3.8) is 0 Å². The Balaban J connectivity index is 1.72. The van der Waals surface area contributed by atoms with Crippen LogP contribution in [0.2, 0.25) is 0 Å². The van der Waals surface area contributed by atoms with Gasteiger partial charge in [0.1, 0.15) is 0 Å². The Morgan fingerprint density at radius 3 is 2.83 bits per heavy atom. The van der Waals surface area contributed by atoms with E-state index in [0.29, 0.717) is 16.4 Å². The largest absolute Gasteiger partial charge is 0.359 e. The van der Waals surface area contributed by atoms with Gasteiger partial charge in [0, 0.05) is 27.8 Å². The molecule has 1 heterocycles. The maximum absolute atomic E-state index is 4.37. The summed E-state index contributed by atoms with van der Waals surface area (Å²) in [5.74, 6) is 0.473. The quantitative estimate of drug-likeness (QED) is 0.485. The maximum Gasteiger partial charge on any atom is 0.0387 e. The third-order valence-electron chi connectivity index (χ3n) is 5.51. The number of benzene rings is 1. The van der Waals surface area contributed by atoms with Crippen LogP contribution in [0.25, 0.3) is 0 Å². The lowest BCUT2D eigenvalue weighted by Crippen LogP contribution is -2.01. The maximum atomic E-state index is 4.37. The van der Waals surface area contributed by atoms with Crippen LogP contribution < -0.4 is 5.32 Å². The molecule has 1 fully saturated rings. The monoisotopic (exact) mass is 403 g/mol. The highest BCUT2D eigenvalue weighted by atomic mass is 32.2. The van der Waals surface area contributed by atoms with E-state index in [1.54, 1.807) is 0 Å². The van der Waals surface area contributed by atoms with E-state index in [0.717, 1.165) is 24.2 Å². The summed E-state index contributed by atoms with van der Waals surface area (Å²) in [4.78, 5) is 0. The van der Waals surface area contributed by atoms with Gasteiger partial charge in [0.25, 0.3) is 0 Å². The summed E-state index contributed by atoms with van der Waals surface area (Å²) in [6, 6.07) is 6.80. The zero-order chi connectivity index (χ0) is 20.8. The molecule has 3 atom stereocenters. The second-order valence-electron chi connectivity index (χ2n) is 7.98. The summed E-state index contributed by atoms with van der Waals surface area (Å²) in [7, 11) is 0. The van der Waals surface area contributed by atoms with Gasteiger partial charge in [-0.15, -0.1) is 11.8 Å². The summed E-state index contributed by atoms with van der Waals surface area (Å²) in [5.41, 5.74) is 7.62. The van der Waals surface area contributed by atoms with Crippen molar-refractivity contribution in [3.8, 4) is 0 Å². The van der Waals surface area contributed by atoms with Gasteiger partial charge in [-0.2, -0.15) is 0 Å². The topological polar surface area (TPSA) is 12.0 Å². The molecule has 3 rings (SSSR count). The molecule has 1 aliphatic carbocycles. The predicted molar refractivity (Wildman–Crippen MR) is 132 cm³/mol. The van der Waals surface area contributed by atoms with Gasteiger partial charge in [0.2, 0.25) is 0 Å². The fraction of sp³-hybridized carbons (Fsp3) is 0.333. The van der Waals surface area contributed by atoms with Crippen LogP contribution in [0.4, 0.5) is 5.69 Å². The minimum absolute atomic E-state index is 0.473. The first-order chi connectivity index (χ1) is 14.0. The Bertz CT molecular complexity index is 897. The molecule has 2 aliphatic rings. The molecule has 0 spiro atoms. The molecule has 0 saturated carbocycles. The number of hydrogen-bond acceptors (Lipinski definition) is 2. The number of thioether (sulfide) groups is 1. The fourth-order valence-corrected chi connectivity index (χ4v) is 5.35. The molecule has 1 nitrogen and oxygen atoms in total. The number of hydrogen-bond donors (Lipinski definition) is 1. The highest BCUT2D eigenvalue weighted by Crippen LogP contribution is 2.43. The lowest BCUT2D eigenvalue weighted by Gasteiger charge is -2.17. The van der Waals surface area contributed by atoms with Gasteiger partial charge in [-0.25, -0.2) is 0 Å². The molecule has 0 bridgehead atoms. The van der Waals surface area contributed by atoms with Crippen LogP contribution in [0.5, 0.6) is 0 Å². The standard InChI is InChI=1S/C27H33NS/c1-6-7-13-27-21(4)26(22(5)29-27)15-14-20(3)28-25-17-19(2)16-24(18-25)23-11-9-8-10-12-23/h6-11,14-18,22-23,27-28H,4,12-13H2,1-3,5H3/b7-6-,20-14+,26-15-. The molecular formula is C27H33NS. The molecule has 1 aliphatic heterocycles. The average Bonchev–Trinajstić information content (AvgIpc) is 2.97. The second kappa shape index (κ2) is 10.0. The van der Waals surface area contributed by atoms with E-state index in [1.807, 2.05) is 11.8 Å². The molecule has 0 amide bonds. The molecule has 29 heavy (non-hydrogen) atoms. The molecule has 3 unspecified atom stereocenters. The Hall–Kier alpha value is -2.19. The highest BCUT2D eigenvalue weighted by Gasteiger charge is 2.29. The summed E-state index contributed by atoms with van der Waals surface area (Å²) in [6.45, 7) is 13.0. The normalized spacial score (nSPS) is 26.1. The Labute approximate surface area is 181 Å². The third-order valence-corrected chi connectivity index (χ3v) is 6.98. The first kappa shape index (κ1) is 21.5. The van der Waals surface area contributed by atoms with Gasteiger partial charge in [-0.05, 0) is 81.0 Å². The third kappa shape index (κ3) is 5.67. The molecule has 0 radical (unpaired) electrons. The number of aryl methyl sites for hydroxylation is 1. The van der Waals surface area contributed by atoms with E-state index in [9.17, 15) is 0 Å². The number of allylic oxidation sites excluding steroid dienone is 9. The van der Waals surface area contributed by atoms with Crippen molar-refractivity contribution in [1.82, 2.24) is 0 Å². The second-order valence-corrected chi connectivity index (χ2v) is 9.53. The van der Waals surface area contributed by atoms with Crippen LogP contribution in [-0.4, -0.2) is 10.5 Å². The van der Waals surface area contributed by atoms with Gasteiger partial charge in [0.15, 0.2) is 0 Å². The molecule has 2 heteroatoms. The van der Waals surface area contributed by atoms with Gasteiger partial charge in [0.05, 0.1) is 0 Å². The highest BCUT2D eigenvalue weighted by molar-refractivity contribution is 8.01. The summed E-state index contributed by atoms with van der Waals surface area (Å²) in [6.07, 6.45) is 19.8.